The van der Waals surface area contributed by atoms with Crippen LogP contribution >= 0.6 is 0 Å². The third-order valence-electron chi connectivity index (χ3n) is 8.92. The lowest BCUT2D eigenvalue weighted by Crippen LogP contribution is -2.47. The van der Waals surface area contributed by atoms with Gasteiger partial charge in [0, 0.05) is 51.6 Å². The Morgan fingerprint density at radius 2 is 1.78 bits per heavy atom. The van der Waals surface area contributed by atoms with Gasteiger partial charge in [0.1, 0.15) is 22.8 Å². The molecule has 0 saturated carbocycles. The molecule has 0 spiro atoms. The fraction of sp³-hybridized carbons (Fsp3) is 0.421. The summed E-state index contributed by atoms with van der Waals surface area (Å²) in [7, 11) is 5.30. The molecule has 0 atom stereocenters. The number of carbonyl (C=O) groups is 3. The van der Waals surface area contributed by atoms with Crippen molar-refractivity contribution < 1.29 is 23.9 Å². The topological polar surface area (TPSA) is 120 Å². The van der Waals surface area contributed by atoms with Crippen molar-refractivity contribution in [3.8, 4) is 11.5 Å². The molecule has 0 unspecified atom stereocenters. The van der Waals surface area contributed by atoms with Crippen molar-refractivity contribution in [1.82, 2.24) is 19.8 Å². The maximum absolute atomic E-state index is 13.7. The first-order valence-corrected chi connectivity index (χ1v) is 17.1. The van der Waals surface area contributed by atoms with E-state index in [2.05, 4.69) is 34.2 Å². The zero-order valence-corrected chi connectivity index (χ0v) is 29.3. The van der Waals surface area contributed by atoms with Gasteiger partial charge in [-0.2, -0.15) is 0 Å². The molecule has 11 nitrogen and oxygen atoms in total. The first-order valence-electron chi connectivity index (χ1n) is 17.1. The number of nitrogens with one attached hydrogen (secondary N) is 2. The lowest BCUT2D eigenvalue weighted by Gasteiger charge is -2.32. The summed E-state index contributed by atoms with van der Waals surface area (Å²) in [5.41, 5.74) is 4.37. The highest BCUT2D eigenvalue weighted by molar-refractivity contribution is 6.12. The van der Waals surface area contributed by atoms with Gasteiger partial charge in [0.15, 0.2) is 0 Å². The first-order chi connectivity index (χ1) is 23.7. The second kappa shape index (κ2) is 16.5. The van der Waals surface area contributed by atoms with E-state index in [4.69, 9.17) is 9.47 Å². The molecule has 2 N–H and O–H groups in total. The number of nitrogens with zero attached hydrogens (tertiary/aromatic N) is 4. The SMILES string of the molecule is CCCc1nc2c(C(=O)Nc3ccc(C(=O)N(C)c4ccc(C)cc4OCCCCCC(=O)N4CCN(C)CC4)cc3OC)cccc2[nH]1. The van der Waals surface area contributed by atoms with Gasteiger partial charge in [0.05, 0.1) is 36.2 Å². The van der Waals surface area contributed by atoms with Crippen LogP contribution < -0.4 is 19.7 Å². The van der Waals surface area contributed by atoms with Crippen molar-refractivity contribution in [1.29, 1.82) is 0 Å². The van der Waals surface area contributed by atoms with E-state index in [1.165, 1.54) is 7.11 Å². The normalized spacial score (nSPS) is 13.4. The third kappa shape index (κ3) is 8.77. The standard InChI is InChI=1S/C38H48N6O5/c1-6-11-34-39-30-13-10-12-28(36(30)41-34)37(46)40-29-17-16-27(25-32(29)48-5)38(47)43(4)31-18-15-26(2)24-33(31)49-23-9-7-8-14-35(45)44-21-19-42(3)20-22-44/h10,12-13,15-18,24-25H,6-9,11,14,19-23H2,1-5H3,(H,39,41)(H,40,46). The maximum Gasteiger partial charge on any atom is 0.258 e. The van der Waals surface area contributed by atoms with Crippen molar-refractivity contribution in [3.05, 3.63) is 77.1 Å². The zero-order chi connectivity index (χ0) is 34.9. The second-order valence-electron chi connectivity index (χ2n) is 12.7. The number of anilines is 2. The summed E-state index contributed by atoms with van der Waals surface area (Å²) >= 11 is 0. The second-order valence-corrected chi connectivity index (χ2v) is 12.7. The summed E-state index contributed by atoms with van der Waals surface area (Å²) in [6.07, 6.45) is 4.81. The number of hydrogen-bond acceptors (Lipinski definition) is 7. The lowest BCUT2D eigenvalue weighted by molar-refractivity contribution is -0.132. The molecule has 1 fully saturated rings. The van der Waals surface area contributed by atoms with Gasteiger partial charge >= 0.3 is 0 Å². The van der Waals surface area contributed by atoms with Crippen molar-refractivity contribution in [2.45, 2.75) is 52.4 Å². The number of carbonyl (C=O) groups excluding carboxylic acids is 3. The molecule has 0 radical (unpaired) electrons. The Kier molecular flexibility index (Phi) is 11.9. The van der Waals surface area contributed by atoms with E-state index < -0.39 is 0 Å². The number of ether oxygens (including phenoxy) is 2. The van der Waals surface area contributed by atoms with E-state index in [9.17, 15) is 14.4 Å². The summed E-state index contributed by atoms with van der Waals surface area (Å²) in [6, 6.07) is 16.2. The summed E-state index contributed by atoms with van der Waals surface area (Å²) in [6.45, 7) is 8.01. The summed E-state index contributed by atoms with van der Waals surface area (Å²) in [5.74, 6) is 1.48. The molecule has 49 heavy (non-hydrogen) atoms. The predicted molar refractivity (Wildman–Crippen MR) is 193 cm³/mol. The molecule has 0 aliphatic carbocycles. The van der Waals surface area contributed by atoms with Crippen LogP contribution in [-0.4, -0.2) is 91.5 Å². The number of benzene rings is 3. The molecule has 0 bridgehead atoms. The van der Waals surface area contributed by atoms with Gasteiger partial charge in [-0.15, -0.1) is 0 Å². The molecule has 260 valence electrons. The number of imidazole rings is 1. The van der Waals surface area contributed by atoms with Crippen LogP contribution in [0.1, 0.15) is 71.1 Å². The van der Waals surface area contributed by atoms with Gasteiger partial charge in [-0.3, -0.25) is 14.4 Å². The quantitative estimate of drug-likeness (QED) is 0.157. The third-order valence-corrected chi connectivity index (χ3v) is 8.92. The first kappa shape index (κ1) is 35.4. The highest BCUT2D eigenvalue weighted by atomic mass is 16.5. The van der Waals surface area contributed by atoms with E-state index in [0.717, 1.165) is 75.2 Å². The van der Waals surface area contributed by atoms with Crippen molar-refractivity contribution in [3.63, 3.8) is 0 Å². The number of aromatic nitrogens is 2. The van der Waals surface area contributed by atoms with Gasteiger partial charge < -0.3 is 34.5 Å². The fourth-order valence-corrected chi connectivity index (χ4v) is 6.01. The molecule has 1 aliphatic rings. The largest absolute Gasteiger partial charge is 0.495 e. The van der Waals surface area contributed by atoms with Crippen LogP contribution in [0.4, 0.5) is 11.4 Å². The molecule has 2 heterocycles. The Morgan fingerprint density at radius 3 is 2.53 bits per heavy atom. The van der Waals surface area contributed by atoms with Crippen LogP contribution in [0.15, 0.2) is 54.6 Å². The molecule has 1 aliphatic heterocycles. The Hall–Kier alpha value is -4.90. The van der Waals surface area contributed by atoms with Crippen molar-refractivity contribution in [2.24, 2.45) is 0 Å². The molecule has 3 aromatic carbocycles. The number of hydrogen-bond donors (Lipinski definition) is 2. The number of unbranched alkanes of at least 4 members (excludes halogenated alkanes) is 2. The Bertz CT molecular complexity index is 1780. The molecule has 5 rings (SSSR count). The van der Waals surface area contributed by atoms with E-state index in [0.29, 0.717) is 52.5 Å². The number of aromatic amines is 1. The molecule has 1 saturated heterocycles. The average molecular weight is 669 g/mol. The minimum atomic E-state index is -0.322. The van der Waals surface area contributed by atoms with Gasteiger partial charge in [-0.05, 0) is 87.7 Å². The fourth-order valence-electron chi connectivity index (χ4n) is 6.01. The van der Waals surface area contributed by atoms with Gasteiger partial charge in [0.2, 0.25) is 5.91 Å². The average Bonchev–Trinajstić information content (AvgIpc) is 3.52. The monoisotopic (exact) mass is 668 g/mol. The number of fused-ring (bicyclic) bond motifs is 1. The predicted octanol–water partition coefficient (Wildman–Crippen LogP) is 6.07. The highest BCUT2D eigenvalue weighted by Gasteiger charge is 2.22. The van der Waals surface area contributed by atoms with Crippen molar-refractivity contribution >= 4 is 40.1 Å². The molecular formula is C38H48N6O5. The lowest BCUT2D eigenvalue weighted by atomic mass is 10.1. The van der Waals surface area contributed by atoms with Crippen LogP contribution in [0, 0.1) is 6.92 Å². The summed E-state index contributed by atoms with van der Waals surface area (Å²) < 4.78 is 11.8. The summed E-state index contributed by atoms with van der Waals surface area (Å²) in [4.78, 5) is 53.3. The minimum absolute atomic E-state index is 0.231. The maximum atomic E-state index is 13.7. The van der Waals surface area contributed by atoms with E-state index in [1.807, 2.05) is 42.2 Å². The number of likely N-dealkylation sites (N-methyl/N-ethyl adjacent to an activating group) is 1. The number of methoxy groups -OCH3 is 1. The Labute approximate surface area is 288 Å². The zero-order valence-electron chi connectivity index (χ0n) is 29.3. The van der Waals surface area contributed by atoms with Crippen molar-refractivity contribution in [2.75, 3.05) is 64.2 Å². The van der Waals surface area contributed by atoms with Crippen LogP contribution in [0.25, 0.3) is 11.0 Å². The minimum Gasteiger partial charge on any atom is -0.495 e. The molecule has 4 aromatic rings. The number of para-hydroxylation sites is 1. The van der Waals surface area contributed by atoms with E-state index in [-0.39, 0.29) is 17.7 Å². The smallest absolute Gasteiger partial charge is 0.258 e. The highest BCUT2D eigenvalue weighted by Crippen LogP contribution is 2.32. The van der Waals surface area contributed by atoms with Gasteiger partial charge in [0.25, 0.3) is 11.8 Å². The number of piperazine rings is 1. The van der Waals surface area contributed by atoms with Crippen LogP contribution in [0.5, 0.6) is 11.5 Å². The van der Waals surface area contributed by atoms with Crippen LogP contribution in [0.3, 0.4) is 0 Å². The molecule has 11 heteroatoms. The van der Waals surface area contributed by atoms with Gasteiger partial charge in [-0.1, -0.05) is 19.1 Å². The Morgan fingerprint density at radius 1 is 0.980 bits per heavy atom. The van der Waals surface area contributed by atoms with Gasteiger partial charge in [-0.25, -0.2) is 4.98 Å². The number of aryl methyl sites for hydroxylation is 2. The number of rotatable bonds is 14. The van der Waals surface area contributed by atoms with E-state index >= 15 is 0 Å². The number of H-pyrrole nitrogens is 1. The summed E-state index contributed by atoms with van der Waals surface area (Å²) in [5, 5.41) is 2.93. The van der Waals surface area contributed by atoms with Crippen LogP contribution in [-0.2, 0) is 11.2 Å². The van der Waals surface area contributed by atoms with Crippen LogP contribution in [0.2, 0.25) is 0 Å². The Balaban J connectivity index is 1.19. The molecular weight excluding hydrogens is 620 g/mol. The van der Waals surface area contributed by atoms with E-state index in [1.54, 1.807) is 36.2 Å². The number of amides is 3. The molecule has 3 amide bonds. The molecule has 1 aromatic heterocycles.